The van der Waals surface area contributed by atoms with Gasteiger partial charge >= 0.3 is 0 Å². The molecule has 474 valence electrons. The quantitative estimate of drug-likeness (QED) is 0.0999. The fourth-order valence-corrected chi connectivity index (χ4v) is 22.8. The van der Waals surface area contributed by atoms with Crippen molar-refractivity contribution in [3.05, 3.63) is 87.5 Å². The van der Waals surface area contributed by atoms with E-state index in [1.54, 1.807) is 57.3 Å². The molecule has 9 unspecified atom stereocenters. The molecule has 3 saturated carbocycles. The standard InChI is InChI=1S/C18H26N2OS.C17H26N2OS.C16H24N2OS2.C15H22N2O3S2/c1-19-16-17-13(6-8-22-17)5-7-20(18(16)21)11-15-10-12-3-2-4-14(15)9-12;1-18-15-16-14(9-11-21-16)8-10-19(17(15)20)12-13-6-4-2-3-5-7-13;1-17-14-15-12(7-10-21-15)6-8-18(16(14)19)11-13-5-3-2-4-9-20-13;1-16-13-14-11(6-8-21-14)5-7-17(15(13)18)10-12-4-2-3-9-22(12,19)20/h6,8,12,14-16,19H,2-5,7,9-11H2,1H3;9,11,13,15,18H,2-8,10,12H2,1H3;7,10,13-14,17H,2-6,8-9,11H2,1H3;6,8,12-13,16H,2-5,7,9-10H2,1H3. The van der Waals surface area contributed by atoms with Gasteiger partial charge in [-0.1, -0.05) is 64.2 Å². The number of likely N-dealkylation sites (N-methyl/N-ethyl adjacent to an activating group) is 4. The Balaban J connectivity index is 0.000000127. The van der Waals surface area contributed by atoms with Crippen molar-refractivity contribution in [2.45, 2.75) is 176 Å². The Morgan fingerprint density at radius 1 is 0.453 bits per heavy atom. The second kappa shape index (κ2) is 31.7. The summed E-state index contributed by atoms with van der Waals surface area (Å²) in [5.41, 5.74) is 5.27. The maximum absolute atomic E-state index is 13.0. The summed E-state index contributed by atoms with van der Waals surface area (Å²) in [7, 11) is 4.45. The van der Waals surface area contributed by atoms with Crippen LogP contribution in [-0.4, -0.2) is 154 Å². The summed E-state index contributed by atoms with van der Waals surface area (Å²) in [5, 5.41) is 21.4. The Bertz CT molecular complexity index is 2850. The highest BCUT2D eigenvalue weighted by atomic mass is 32.2. The number of amides is 4. The average molecular weight is 1290 g/mol. The molecular weight excluding hydrogens is 1190 g/mol. The molecule has 4 aromatic heterocycles. The number of carbonyl (C=O) groups excluding carboxylic acids is 4. The van der Waals surface area contributed by atoms with E-state index in [-0.39, 0.29) is 52.9 Å². The van der Waals surface area contributed by atoms with Crippen molar-refractivity contribution in [3.8, 4) is 0 Å². The van der Waals surface area contributed by atoms with Crippen molar-refractivity contribution in [3.63, 3.8) is 0 Å². The lowest BCUT2D eigenvalue weighted by atomic mass is 9.87. The van der Waals surface area contributed by atoms with Gasteiger partial charge in [-0.3, -0.25) is 19.2 Å². The summed E-state index contributed by atoms with van der Waals surface area (Å²) in [6, 6.07) is 7.89. The van der Waals surface area contributed by atoms with Crippen molar-refractivity contribution in [2.24, 2.45) is 23.7 Å². The fraction of sp³-hybridized carbons (Fsp3) is 0.697. The number of sulfone groups is 1. The van der Waals surface area contributed by atoms with Crippen LogP contribution < -0.4 is 21.3 Å². The number of hydrogen-bond donors (Lipinski definition) is 4. The van der Waals surface area contributed by atoms with E-state index in [1.807, 2.05) is 26.5 Å². The second-order valence-electron chi connectivity index (χ2n) is 25.7. The third-order valence-electron chi connectivity index (χ3n) is 20.3. The highest BCUT2D eigenvalue weighted by Crippen LogP contribution is 2.47. The molecule has 3 aliphatic carbocycles. The zero-order valence-electron chi connectivity index (χ0n) is 51.7. The highest BCUT2D eigenvalue weighted by molar-refractivity contribution is 7.99. The van der Waals surface area contributed by atoms with E-state index >= 15 is 0 Å². The maximum atomic E-state index is 13.0. The molecule has 6 aliphatic heterocycles. The topological polar surface area (TPSA) is 164 Å². The van der Waals surface area contributed by atoms with E-state index < -0.39 is 9.84 Å². The number of carbonyl (C=O) groups is 4. The molecule has 13 rings (SSSR count). The van der Waals surface area contributed by atoms with E-state index in [9.17, 15) is 27.6 Å². The van der Waals surface area contributed by atoms with Gasteiger partial charge < -0.3 is 40.9 Å². The third-order valence-corrected chi connectivity index (χ3v) is 28.0. The molecule has 4 aromatic rings. The molecular formula is C66H98N8O6S6. The average Bonchev–Trinajstić information content (AvgIpc) is 3.38. The van der Waals surface area contributed by atoms with Gasteiger partial charge in [0, 0.05) is 77.1 Å². The van der Waals surface area contributed by atoms with Crippen LogP contribution in [0.5, 0.6) is 0 Å². The predicted molar refractivity (Wildman–Crippen MR) is 357 cm³/mol. The number of nitrogens with one attached hydrogen (secondary N) is 4. The molecule has 5 fully saturated rings. The van der Waals surface area contributed by atoms with Crippen LogP contribution in [0.3, 0.4) is 0 Å². The summed E-state index contributed by atoms with van der Waals surface area (Å²) in [5.74, 6) is 5.68. The molecule has 20 heteroatoms. The Labute approximate surface area is 534 Å². The molecule has 2 bridgehead atoms. The molecule has 4 amide bonds. The third kappa shape index (κ3) is 16.1. The van der Waals surface area contributed by atoms with Crippen LogP contribution in [0, 0.1) is 23.7 Å². The van der Waals surface area contributed by atoms with Gasteiger partial charge in [0.15, 0.2) is 9.84 Å². The normalized spacial score (nSPS) is 28.7. The van der Waals surface area contributed by atoms with E-state index in [0.717, 1.165) is 100 Å². The first kappa shape index (κ1) is 65.8. The van der Waals surface area contributed by atoms with Gasteiger partial charge in [0.1, 0.15) is 24.2 Å². The lowest BCUT2D eigenvalue weighted by Gasteiger charge is -2.30. The van der Waals surface area contributed by atoms with E-state index in [0.29, 0.717) is 36.6 Å². The molecule has 0 spiro atoms. The van der Waals surface area contributed by atoms with Crippen LogP contribution in [0.2, 0.25) is 0 Å². The van der Waals surface area contributed by atoms with Crippen molar-refractivity contribution >= 4 is 90.6 Å². The lowest BCUT2D eigenvalue weighted by molar-refractivity contribution is -0.134. The zero-order chi connectivity index (χ0) is 60.2. The fourth-order valence-electron chi connectivity index (χ4n) is 15.4. The minimum absolute atomic E-state index is 0.00414. The number of hydrogen-bond acceptors (Lipinski definition) is 15. The highest BCUT2D eigenvalue weighted by Gasteiger charge is 2.41. The Hall–Kier alpha value is -3.18. The first-order chi connectivity index (χ1) is 41.9. The molecule has 14 nitrogen and oxygen atoms in total. The van der Waals surface area contributed by atoms with Crippen LogP contribution in [-0.2, 0) is 54.7 Å². The minimum atomic E-state index is -3.05. The van der Waals surface area contributed by atoms with E-state index in [4.69, 9.17) is 0 Å². The number of thiophene rings is 4. The number of rotatable bonds is 12. The van der Waals surface area contributed by atoms with Crippen LogP contribution in [0.25, 0.3) is 0 Å². The van der Waals surface area contributed by atoms with Crippen LogP contribution in [0.15, 0.2) is 45.8 Å². The second-order valence-corrected chi connectivity index (χ2v) is 33.3. The van der Waals surface area contributed by atoms with Gasteiger partial charge in [0.2, 0.25) is 23.6 Å². The van der Waals surface area contributed by atoms with Gasteiger partial charge in [-0.25, -0.2) is 8.42 Å². The van der Waals surface area contributed by atoms with Gasteiger partial charge in [-0.05, 0) is 203 Å². The molecule has 2 saturated heterocycles. The van der Waals surface area contributed by atoms with Gasteiger partial charge in [0.05, 0.1) is 11.0 Å². The Morgan fingerprint density at radius 2 is 0.884 bits per heavy atom. The van der Waals surface area contributed by atoms with Crippen LogP contribution in [0.1, 0.15) is 182 Å². The molecule has 9 atom stereocenters. The molecule has 0 aromatic carbocycles. The molecule has 10 heterocycles. The van der Waals surface area contributed by atoms with Crippen molar-refractivity contribution in [1.82, 2.24) is 40.9 Å². The molecule has 9 aliphatic rings. The summed E-state index contributed by atoms with van der Waals surface area (Å²) in [6.07, 6.45) is 26.5. The smallest absolute Gasteiger partial charge is 0.245 e. The lowest BCUT2D eigenvalue weighted by Crippen LogP contribution is -2.46. The zero-order valence-corrected chi connectivity index (χ0v) is 56.6. The summed E-state index contributed by atoms with van der Waals surface area (Å²) in [4.78, 5) is 64.4. The number of fused-ring (bicyclic) bond motifs is 6. The molecule has 86 heavy (non-hydrogen) atoms. The van der Waals surface area contributed by atoms with Crippen LogP contribution in [0.4, 0.5) is 0 Å². The Morgan fingerprint density at radius 3 is 1.35 bits per heavy atom. The number of thioether (sulfide) groups is 1. The maximum Gasteiger partial charge on any atom is 0.245 e. The van der Waals surface area contributed by atoms with Gasteiger partial charge in [-0.15, -0.1) is 45.3 Å². The SMILES string of the molecule is CNC1C(=O)N(CC2CC3CCCC2C3)CCc2ccsc21.CNC1C(=O)N(CC2CCCCCC2)CCc2ccsc21.CNC1C(=O)N(CC2CCCCCS2)CCc2ccsc21.CNC1C(=O)N(CC2CCCCS2(=O)=O)CCc2ccsc21. The van der Waals surface area contributed by atoms with Gasteiger partial charge in [-0.2, -0.15) is 11.8 Å². The monoisotopic (exact) mass is 1290 g/mol. The predicted octanol–water partition coefficient (Wildman–Crippen LogP) is 11.0. The minimum Gasteiger partial charge on any atom is -0.340 e. The molecule has 0 radical (unpaired) electrons. The number of nitrogens with zero attached hydrogens (tertiary/aromatic N) is 4. The summed E-state index contributed by atoms with van der Waals surface area (Å²) in [6.45, 7) is 6.49. The first-order valence-electron chi connectivity index (χ1n) is 32.8. The van der Waals surface area contributed by atoms with Crippen molar-refractivity contribution in [1.29, 1.82) is 0 Å². The van der Waals surface area contributed by atoms with Crippen LogP contribution >= 0.6 is 57.1 Å². The van der Waals surface area contributed by atoms with E-state index in [1.165, 1.54) is 139 Å². The summed E-state index contributed by atoms with van der Waals surface area (Å²) < 4.78 is 24.4. The first-order valence-corrected chi connectivity index (χ1v) is 39.1. The largest absolute Gasteiger partial charge is 0.340 e. The molecule has 4 N–H and O–H groups in total. The summed E-state index contributed by atoms with van der Waals surface area (Å²) >= 11 is 8.82. The van der Waals surface area contributed by atoms with Crippen molar-refractivity contribution in [2.75, 3.05) is 92.1 Å². The Kier molecular flexibility index (Phi) is 24.2. The van der Waals surface area contributed by atoms with Gasteiger partial charge in [0.25, 0.3) is 0 Å². The van der Waals surface area contributed by atoms with Crippen molar-refractivity contribution < 1.29 is 27.6 Å². The van der Waals surface area contributed by atoms with E-state index in [2.05, 4.69) is 88.1 Å².